The van der Waals surface area contributed by atoms with Gasteiger partial charge >= 0.3 is 6.03 Å². The standard InChI is InChI=1S/C21H24FN3O3/c22-17-9-16-11-25(12-19(16)23-10-17)21(28)24-18-7-5-14(6-8-18)13-1-3-15(4-2-13)20(26)27/h5-10,13,15,20,26-27H,1-4,11-12H2,(H,24,28). The molecule has 1 aliphatic carbocycles. The first-order chi connectivity index (χ1) is 13.5. The number of aromatic nitrogens is 1. The van der Waals surface area contributed by atoms with E-state index in [1.807, 2.05) is 24.3 Å². The summed E-state index contributed by atoms with van der Waals surface area (Å²) in [6.07, 6.45) is 3.44. The number of anilines is 1. The van der Waals surface area contributed by atoms with E-state index in [-0.39, 0.29) is 17.8 Å². The lowest BCUT2D eigenvalue weighted by Crippen LogP contribution is -2.30. The third-order valence-electron chi connectivity index (χ3n) is 5.84. The van der Waals surface area contributed by atoms with Crippen LogP contribution in [0.2, 0.25) is 0 Å². The Balaban J connectivity index is 1.33. The topological polar surface area (TPSA) is 85.7 Å². The minimum atomic E-state index is -1.22. The summed E-state index contributed by atoms with van der Waals surface area (Å²) < 4.78 is 13.3. The van der Waals surface area contributed by atoms with Gasteiger partial charge in [-0.05, 0) is 60.9 Å². The molecule has 7 heteroatoms. The van der Waals surface area contributed by atoms with Crippen molar-refractivity contribution in [1.29, 1.82) is 0 Å². The number of halogens is 1. The number of carbonyl (C=O) groups excluding carboxylic acids is 1. The Kier molecular flexibility index (Phi) is 5.28. The smallest absolute Gasteiger partial charge is 0.322 e. The van der Waals surface area contributed by atoms with E-state index in [9.17, 15) is 19.4 Å². The zero-order valence-corrected chi connectivity index (χ0v) is 15.5. The van der Waals surface area contributed by atoms with Gasteiger partial charge in [-0.2, -0.15) is 0 Å². The van der Waals surface area contributed by atoms with E-state index in [4.69, 9.17) is 0 Å². The van der Waals surface area contributed by atoms with Crippen molar-refractivity contribution < 1.29 is 19.4 Å². The number of benzene rings is 1. The van der Waals surface area contributed by atoms with Crippen molar-refractivity contribution in [2.24, 2.45) is 5.92 Å². The van der Waals surface area contributed by atoms with E-state index in [1.165, 1.54) is 17.8 Å². The number of carbonyl (C=O) groups is 1. The number of rotatable bonds is 3. The molecule has 148 valence electrons. The highest BCUT2D eigenvalue weighted by molar-refractivity contribution is 5.89. The monoisotopic (exact) mass is 385 g/mol. The summed E-state index contributed by atoms with van der Waals surface area (Å²) in [7, 11) is 0. The van der Waals surface area contributed by atoms with Crippen molar-refractivity contribution in [3.63, 3.8) is 0 Å². The maximum absolute atomic E-state index is 13.3. The zero-order valence-electron chi connectivity index (χ0n) is 15.5. The Morgan fingerprint density at radius 1 is 1.14 bits per heavy atom. The SMILES string of the molecule is O=C(Nc1ccc(C2CCC(C(O)O)CC2)cc1)N1Cc2cc(F)cnc2C1. The molecule has 1 aromatic carbocycles. The molecule has 0 saturated heterocycles. The van der Waals surface area contributed by atoms with Crippen LogP contribution < -0.4 is 5.32 Å². The molecule has 1 aliphatic heterocycles. The third-order valence-corrected chi connectivity index (χ3v) is 5.84. The van der Waals surface area contributed by atoms with Crippen LogP contribution in [0, 0.1) is 11.7 Å². The van der Waals surface area contributed by atoms with Crippen LogP contribution in [0.5, 0.6) is 0 Å². The van der Waals surface area contributed by atoms with Crippen LogP contribution in [0.1, 0.15) is 48.4 Å². The van der Waals surface area contributed by atoms with Gasteiger partial charge in [-0.15, -0.1) is 0 Å². The summed E-state index contributed by atoms with van der Waals surface area (Å²) in [5.74, 6) is -0.00436. The molecule has 0 unspecified atom stereocenters. The Morgan fingerprint density at radius 2 is 1.86 bits per heavy atom. The largest absolute Gasteiger partial charge is 0.368 e. The fraction of sp³-hybridized carbons (Fsp3) is 0.429. The first-order valence-electron chi connectivity index (χ1n) is 9.65. The second kappa shape index (κ2) is 7.85. The molecule has 0 spiro atoms. The van der Waals surface area contributed by atoms with Gasteiger partial charge in [-0.3, -0.25) is 4.98 Å². The molecule has 0 atom stereocenters. The molecular weight excluding hydrogens is 361 g/mol. The van der Waals surface area contributed by atoms with Gasteiger partial charge in [0.25, 0.3) is 0 Å². The van der Waals surface area contributed by atoms with Crippen LogP contribution in [0.4, 0.5) is 14.9 Å². The number of fused-ring (bicyclic) bond motifs is 1. The van der Waals surface area contributed by atoms with Crippen LogP contribution >= 0.6 is 0 Å². The lowest BCUT2D eigenvalue weighted by atomic mass is 9.78. The number of amides is 2. The Hall–Kier alpha value is -2.51. The van der Waals surface area contributed by atoms with Crippen LogP contribution in [-0.2, 0) is 13.1 Å². The van der Waals surface area contributed by atoms with Crippen molar-refractivity contribution in [3.8, 4) is 0 Å². The summed E-state index contributed by atoms with van der Waals surface area (Å²) in [6, 6.07) is 9.01. The number of aliphatic hydroxyl groups excluding tert-OH is 1. The highest BCUT2D eigenvalue weighted by Crippen LogP contribution is 2.37. The van der Waals surface area contributed by atoms with Crippen molar-refractivity contribution in [3.05, 3.63) is 59.2 Å². The predicted molar refractivity (Wildman–Crippen MR) is 102 cm³/mol. The minimum Gasteiger partial charge on any atom is -0.368 e. The number of hydrogen-bond donors (Lipinski definition) is 3. The van der Waals surface area contributed by atoms with Crippen molar-refractivity contribution in [2.75, 3.05) is 5.32 Å². The van der Waals surface area contributed by atoms with E-state index in [0.29, 0.717) is 24.7 Å². The Morgan fingerprint density at radius 3 is 2.54 bits per heavy atom. The van der Waals surface area contributed by atoms with Crippen LogP contribution in [-0.4, -0.2) is 32.4 Å². The van der Waals surface area contributed by atoms with Crippen molar-refractivity contribution in [1.82, 2.24) is 9.88 Å². The van der Waals surface area contributed by atoms with E-state index in [2.05, 4.69) is 10.3 Å². The molecule has 2 amide bonds. The highest BCUT2D eigenvalue weighted by Gasteiger charge is 2.27. The van der Waals surface area contributed by atoms with Crippen molar-refractivity contribution >= 4 is 11.7 Å². The highest BCUT2D eigenvalue weighted by atomic mass is 19.1. The van der Waals surface area contributed by atoms with Gasteiger partial charge in [0.05, 0.1) is 18.4 Å². The first kappa shape index (κ1) is 18.8. The van der Waals surface area contributed by atoms with Gasteiger partial charge in [0, 0.05) is 18.2 Å². The molecule has 1 saturated carbocycles. The normalized spacial score (nSPS) is 21.6. The summed E-state index contributed by atoms with van der Waals surface area (Å²) >= 11 is 0. The summed E-state index contributed by atoms with van der Waals surface area (Å²) in [4.78, 5) is 18.2. The summed E-state index contributed by atoms with van der Waals surface area (Å²) in [5.41, 5.74) is 3.39. The minimum absolute atomic E-state index is 0.0256. The second-order valence-corrected chi connectivity index (χ2v) is 7.69. The average molecular weight is 385 g/mol. The summed E-state index contributed by atoms with van der Waals surface area (Å²) in [6.45, 7) is 0.726. The molecule has 1 fully saturated rings. The lowest BCUT2D eigenvalue weighted by Gasteiger charge is -2.29. The molecule has 4 rings (SSSR count). The van der Waals surface area contributed by atoms with Gasteiger partial charge in [0.15, 0.2) is 6.29 Å². The van der Waals surface area contributed by atoms with Crippen LogP contribution in [0.3, 0.4) is 0 Å². The van der Waals surface area contributed by atoms with Gasteiger partial charge in [0.2, 0.25) is 0 Å². The molecule has 2 aromatic rings. The second-order valence-electron chi connectivity index (χ2n) is 7.69. The number of hydrogen-bond acceptors (Lipinski definition) is 4. The van der Waals surface area contributed by atoms with Gasteiger partial charge < -0.3 is 20.4 Å². The van der Waals surface area contributed by atoms with E-state index in [0.717, 1.165) is 36.9 Å². The van der Waals surface area contributed by atoms with Gasteiger partial charge in [-0.25, -0.2) is 9.18 Å². The van der Waals surface area contributed by atoms with Gasteiger partial charge in [0.1, 0.15) is 5.82 Å². The first-order valence-corrected chi connectivity index (χ1v) is 9.65. The molecule has 0 radical (unpaired) electrons. The van der Waals surface area contributed by atoms with Crippen molar-refractivity contribution in [2.45, 2.75) is 51.0 Å². The quantitative estimate of drug-likeness (QED) is 0.708. The van der Waals surface area contributed by atoms with Crippen LogP contribution in [0.25, 0.3) is 0 Å². The fourth-order valence-electron chi connectivity index (χ4n) is 4.17. The molecule has 1 aromatic heterocycles. The fourth-order valence-corrected chi connectivity index (χ4v) is 4.17. The molecular formula is C21H24FN3O3. The number of urea groups is 1. The van der Waals surface area contributed by atoms with E-state index >= 15 is 0 Å². The Bertz CT molecular complexity index is 848. The van der Waals surface area contributed by atoms with Gasteiger partial charge in [-0.1, -0.05) is 12.1 Å². The maximum atomic E-state index is 13.3. The zero-order chi connectivity index (χ0) is 19.7. The van der Waals surface area contributed by atoms with E-state index in [1.54, 1.807) is 4.90 Å². The number of aliphatic hydroxyl groups is 2. The summed E-state index contributed by atoms with van der Waals surface area (Å²) in [5, 5.41) is 21.5. The number of nitrogens with one attached hydrogen (secondary N) is 1. The molecule has 28 heavy (non-hydrogen) atoms. The van der Waals surface area contributed by atoms with Crippen LogP contribution in [0.15, 0.2) is 36.5 Å². The molecule has 2 aliphatic rings. The third kappa shape index (κ3) is 4.00. The molecule has 2 heterocycles. The molecule has 0 bridgehead atoms. The Labute approximate surface area is 163 Å². The lowest BCUT2D eigenvalue weighted by molar-refractivity contribution is -0.0937. The number of nitrogens with zero attached hydrogens (tertiary/aromatic N) is 2. The molecule has 6 nitrogen and oxygen atoms in total. The molecule has 3 N–H and O–H groups in total. The number of pyridine rings is 1. The average Bonchev–Trinajstić information content (AvgIpc) is 3.12. The van der Waals surface area contributed by atoms with E-state index < -0.39 is 6.29 Å². The maximum Gasteiger partial charge on any atom is 0.322 e. The predicted octanol–water partition coefficient (Wildman–Crippen LogP) is 3.35.